The summed E-state index contributed by atoms with van der Waals surface area (Å²) in [5, 5.41) is 9.96. The summed E-state index contributed by atoms with van der Waals surface area (Å²) in [5.74, 6) is 0. The van der Waals surface area contributed by atoms with E-state index in [1.807, 2.05) is 4.81 Å². The standard InChI is InChI=1S/C12H16BClN4O2/c1-13(20)17-6-4-8(5-7-17)18-11-9(15-12(18)19)2-3-10(14)16-11/h2-3,8,20H,4-7H2,1H3,(H,15,19). The molecular formula is C12H16BClN4O2. The molecule has 2 aromatic rings. The minimum absolute atomic E-state index is 0.0946. The number of nitrogens with one attached hydrogen (secondary N) is 1. The van der Waals surface area contributed by atoms with Crippen molar-refractivity contribution in [3.8, 4) is 0 Å². The predicted octanol–water partition coefficient (Wildman–Crippen LogP) is 1.13. The fourth-order valence-corrected chi connectivity index (χ4v) is 2.98. The third-order valence-electron chi connectivity index (χ3n) is 3.92. The van der Waals surface area contributed by atoms with E-state index < -0.39 is 7.05 Å². The number of H-pyrrole nitrogens is 1. The number of hydrogen-bond acceptors (Lipinski definition) is 4. The Bertz CT molecular complexity index is 676. The minimum atomic E-state index is -0.441. The van der Waals surface area contributed by atoms with Crippen molar-refractivity contribution < 1.29 is 5.02 Å². The van der Waals surface area contributed by atoms with E-state index >= 15 is 0 Å². The van der Waals surface area contributed by atoms with Gasteiger partial charge >= 0.3 is 12.7 Å². The summed E-state index contributed by atoms with van der Waals surface area (Å²) in [6.45, 7) is 3.30. The molecule has 0 aromatic carbocycles. The first-order valence-corrected chi connectivity index (χ1v) is 7.13. The lowest BCUT2D eigenvalue weighted by atomic mass is 9.82. The Morgan fingerprint density at radius 2 is 2.15 bits per heavy atom. The molecule has 1 fully saturated rings. The van der Waals surface area contributed by atoms with Gasteiger partial charge in [0.15, 0.2) is 5.65 Å². The van der Waals surface area contributed by atoms with E-state index in [0.29, 0.717) is 16.3 Å². The zero-order valence-electron chi connectivity index (χ0n) is 11.2. The number of aromatic amines is 1. The van der Waals surface area contributed by atoms with Gasteiger partial charge in [0, 0.05) is 6.04 Å². The minimum Gasteiger partial charge on any atom is -0.437 e. The quantitative estimate of drug-likeness (QED) is 0.643. The Labute approximate surface area is 121 Å². The highest BCUT2D eigenvalue weighted by atomic mass is 35.5. The van der Waals surface area contributed by atoms with Crippen LogP contribution in [0.4, 0.5) is 0 Å². The fourth-order valence-electron chi connectivity index (χ4n) is 2.83. The number of aromatic nitrogens is 3. The molecule has 106 valence electrons. The summed E-state index contributed by atoms with van der Waals surface area (Å²) in [5.41, 5.74) is 1.17. The highest BCUT2D eigenvalue weighted by Crippen LogP contribution is 2.24. The third-order valence-corrected chi connectivity index (χ3v) is 4.13. The van der Waals surface area contributed by atoms with Crippen LogP contribution in [0.2, 0.25) is 12.0 Å². The summed E-state index contributed by atoms with van der Waals surface area (Å²) >= 11 is 5.92. The zero-order chi connectivity index (χ0) is 14.3. The summed E-state index contributed by atoms with van der Waals surface area (Å²) in [4.78, 5) is 21.2. The van der Waals surface area contributed by atoms with Crippen molar-refractivity contribution in [3.05, 3.63) is 27.8 Å². The molecule has 20 heavy (non-hydrogen) atoms. The average molecular weight is 295 g/mol. The number of rotatable bonds is 2. The van der Waals surface area contributed by atoms with E-state index in [0.717, 1.165) is 25.9 Å². The van der Waals surface area contributed by atoms with Crippen molar-refractivity contribution in [3.63, 3.8) is 0 Å². The topological polar surface area (TPSA) is 74.2 Å². The first kappa shape index (κ1) is 13.7. The van der Waals surface area contributed by atoms with E-state index in [1.165, 1.54) is 0 Å². The van der Waals surface area contributed by atoms with Crippen LogP contribution >= 0.6 is 11.6 Å². The molecule has 0 spiro atoms. The van der Waals surface area contributed by atoms with Gasteiger partial charge in [0.1, 0.15) is 5.15 Å². The Kier molecular flexibility index (Phi) is 3.58. The van der Waals surface area contributed by atoms with E-state index in [9.17, 15) is 9.82 Å². The summed E-state index contributed by atoms with van der Waals surface area (Å²) in [6.07, 6.45) is 1.62. The van der Waals surface area contributed by atoms with Crippen LogP contribution in [0.3, 0.4) is 0 Å². The number of nitrogens with zero attached hydrogens (tertiary/aromatic N) is 3. The molecule has 0 atom stereocenters. The molecule has 2 aromatic heterocycles. The Balaban J connectivity index is 1.93. The molecule has 0 radical (unpaired) electrons. The SMILES string of the molecule is CB(O)N1CCC(n2c(=O)[nH]c3ccc(Cl)nc32)CC1. The fraction of sp³-hybridized carbons (Fsp3) is 0.500. The van der Waals surface area contributed by atoms with Crippen LogP contribution in [-0.2, 0) is 0 Å². The number of fused-ring (bicyclic) bond motifs is 1. The molecule has 0 bridgehead atoms. The molecule has 1 aliphatic heterocycles. The smallest absolute Gasteiger partial charge is 0.376 e. The second-order valence-electron chi connectivity index (χ2n) is 5.20. The van der Waals surface area contributed by atoms with E-state index in [-0.39, 0.29) is 11.7 Å². The normalized spacial score (nSPS) is 17.8. The van der Waals surface area contributed by atoms with Crippen molar-refractivity contribution in [1.82, 2.24) is 19.3 Å². The lowest BCUT2D eigenvalue weighted by Gasteiger charge is -2.32. The van der Waals surface area contributed by atoms with Gasteiger partial charge in [-0.05, 0) is 44.9 Å². The van der Waals surface area contributed by atoms with Gasteiger partial charge in [-0.3, -0.25) is 4.57 Å². The molecule has 0 unspecified atom stereocenters. The average Bonchev–Trinajstić information content (AvgIpc) is 2.74. The first-order chi connectivity index (χ1) is 9.56. The molecule has 8 heteroatoms. The number of pyridine rings is 1. The van der Waals surface area contributed by atoms with Gasteiger partial charge < -0.3 is 14.8 Å². The van der Waals surface area contributed by atoms with Gasteiger partial charge in [0.2, 0.25) is 0 Å². The van der Waals surface area contributed by atoms with Gasteiger partial charge in [-0.1, -0.05) is 11.6 Å². The lowest BCUT2D eigenvalue weighted by molar-refractivity contribution is 0.251. The summed E-state index contributed by atoms with van der Waals surface area (Å²) in [7, 11) is -0.441. The lowest BCUT2D eigenvalue weighted by Crippen LogP contribution is -2.44. The Morgan fingerprint density at radius 3 is 2.80 bits per heavy atom. The van der Waals surface area contributed by atoms with Gasteiger partial charge in [-0.15, -0.1) is 0 Å². The van der Waals surface area contributed by atoms with Gasteiger partial charge in [0.05, 0.1) is 5.52 Å². The number of hydrogen-bond donors (Lipinski definition) is 2. The molecule has 1 saturated heterocycles. The Morgan fingerprint density at radius 1 is 1.45 bits per heavy atom. The third kappa shape index (κ3) is 2.37. The predicted molar refractivity (Wildman–Crippen MR) is 79.0 cm³/mol. The van der Waals surface area contributed by atoms with Crippen LogP contribution in [0.15, 0.2) is 16.9 Å². The zero-order valence-corrected chi connectivity index (χ0v) is 12.0. The first-order valence-electron chi connectivity index (χ1n) is 6.75. The van der Waals surface area contributed by atoms with Crippen LogP contribution in [-0.4, -0.2) is 44.5 Å². The monoisotopic (exact) mass is 294 g/mol. The highest BCUT2D eigenvalue weighted by Gasteiger charge is 2.27. The molecule has 0 amide bonds. The molecule has 0 aliphatic carbocycles. The largest absolute Gasteiger partial charge is 0.437 e. The molecule has 3 heterocycles. The van der Waals surface area contributed by atoms with Crippen molar-refractivity contribution in [1.29, 1.82) is 0 Å². The van der Waals surface area contributed by atoms with Gasteiger partial charge in [0.25, 0.3) is 0 Å². The second-order valence-corrected chi connectivity index (χ2v) is 5.59. The van der Waals surface area contributed by atoms with E-state index in [4.69, 9.17) is 11.6 Å². The van der Waals surface area contributed by atoms with Crippen molar-refractivity contribution in [2.45, 2.75) is 25.7 Å². The maximum absolute atomic E-state index is 12.1. The van der Waals surface area contributed by atoms with Crippen LogP contribution in [0, 0.1) is 0 Å². The number of imidazole rings is 1. The van der Waals surface area contributed by atoms with Crippen LogP contribution in [0.1, 0.15) is 18.9 Å². The maximum atomic E-state index is 12.1. The Hall–Kier alpha value is -1.31. The molecule has 6 nitrogen and oxygen atoms in total. The van der Waals surface area contributed by atoms with Crippen LogP contribution in [0.5, 0.6) is 0 Å². The molecular weight excluding hydrogens is 278 g/mol. The van der Waals surface area contributed by atoms with E-state index in [1.54, 1.807) is 23.5 Å². The molecule has 2 N–H and O–H groups in total. The highest BCUT2D eigenvalue weighted by molar-refractivity contribution is 6.45. The number of piperidine rings is 1. The summed E-state index contributed by atoms with van der Waals surface area (Å²) in [6, 6.07) is 3.53. The molecule has 3 rings (SSSR count). The van der Waals surface area contributed by atoms with Crippen LogP contribution < -0.4 is 5.69 Å². The van der Waals surface area contributed by atoms with Crippen molar-refractivity contribution >= 4 is 29.8 Å². The van der Waals surface area contributed by atoms with Gasteiger partial charge in [-0.2, -0.15) is 0 Å². The van der Waals surface area contributed by atoms with Gasteiger partial charge in [-0.25, -0.2) is 9.78 Å². The summed E-state index contributed by atoms with van der Waals surface area (Å²) < 4.78 is 1.70. The maximum Gasteiger partial charge on any atom is 0.376 e. The van der Waals surface area contributed by atoms with E-state index in [2.05, 4.69) is 9.97 Å². The second kappa shape index (κ2) is 5.23. The number of halogens is 1. The van der Waals surface area contributed by atoms with Crippen molar-refractivity contribution in [2.24, 2.45) is 0 Å². The molecule has 0 saturated carbocycles. The van der Waals surface area contributed by atoms with Crippen molar-refractivity contribution in [2.75, 3.05) is 13.1 Å². The molecule has 1 aliphatic rings. The van der Waals surface area contributed by atoms with Crippen LogP contribution in [0.25, 0.3) is 11.2 Å².